The molecule has 0 spiro atoms. The Morgan fingerprint density at radius 3 is 2.40 bits per heavy atom. The molecule has 0 unspecified atom stereocenters. The zero-order valence-corrected chi connectivity index (χ0v) is 10.4. The molecule has 0 bridgehead atoms. The molecule has 0 aromatic carbocycles. The molecule has 5 nitrogen and oxygen atoms in total. The van der Waals surface area contributed by atoms with Crippen molar-refractivity contribution < 1.29 is 4.21 Å². The lowest BCUT2D eigenvalue weighted by molar-refractivity contribution is 0.662. The first-order chi connectivity index (χ1) is 7.07. The molecule has 0 aliphatic carbocycles. The van der Waals surface area contributed by atoms with Gasteiger partial charge in [0.15, 0.2) is 0 Å². The van der Waals surface area contributed by atoms with Crippen LogP contribution < -0.4 is 4.90 Å². The van der Waals surface area contributed by atoms with E-state index in [1.807, 2.05) is 4.90 Å². The third kappa shape index (κ3) is 2.66. The molecule has 1 aromatic rings. The summed E-state index contributed by atoms with van der Waals surface area (Å²) in [7, 11) is -2.34. The number of aromatic nitrogens is 2. The Hall–Kier alpha value is -0.690. The number of halogens is 1. The third-order valence-electron chi connectivity index (χ3n) is 2.27. The summed E-state index contributed by atoms with van der Waals surface area (Å²) in [5.74, 6) is 1.46. The highest BCUT2D eigenvalue weighted by Gasteiger charge is 2.20. The van der Waals surface area contributed by atoms with E-state index in [1.54, 1.807) is 12.4 Å². The lowest BCUT2D eigenvalue weighted by Gasteiger charge is -2.27. The normalized spacial score (nSPS) is 20.2. The second kappa shape index (κ2) is 4.05. The van der Waals surface area contributed by atoms with Crippen LogP contribution in [0.25, 0.3) is 0 Å². The molecule has 15 heavy (non-hydrogen) atoms. The number of anilines is 1. The summed E-state index contributed by atoms with van der Waals surface area (Å²) in [6, 6.07) is 0. The summed E-state index contributed by atoms with van der Waals surface area (Å²) >= 11 is 3.27. The molecule has 0 amide bonds. The first kappa shape index (κ1) is 10.8. The Morgan fingerprint density at radius 2 is 1.87 bits per heavy atom. The van der Waals surface area contributed by atoms with Gasteiger partial charge in [0, 0.05) is 46.7 Å². The third-order valence-corrected chi connectivity index (χ3v) is 4.37. The molecule has 1 aliphatic rings. The second-order valence-corrected chi connectivity index (χ2v) is 6.76. The average Bonchev–Trinajstić information content (AvgIpc) is 2.20. The smallest absolute Gasteiger partial charge is 0.225 e. The van der Waals surface area contributed by atoms with Gasteiger partial charge in [0.2, 0.25) is 5.95 Å². The average molecular weight is 291 g/mol. The van der Waals surface area contributed by atoms with Crippen molar-refractivity contribution in [2.75, 3.05) is 29.5 Å². The quantitative estimate of drug-likeness (QED) is 0.841. The number of rotatable bonds is 1. The molecular formula is C8H11BrN4OS. The van der Waals surface area contributed by atoms with Gasteiger partial charge in [-0.1, -0.05) is 0 Å². The predicted octanol–water partition coefficient (Wildman–Crippen LogP) is 1.11. The van der Waals surface area contributed by atoms with Gasteiger partial charge in [0.1, 0.15) is 0 Å². The van der Waals surface area contributed by atoms with Crippen molar-refractivity contribution in [2.24, 2.45) is 0 Å². The number of nitrogens with one attached hydrogen (secondary N) is 1. The monoisotopic (exact) mass is 290 g/mol. The van der Waals surface area contributed by atoms with Crippen molar-refractivity contribution in [3.63, 3.8) is 0 Å². The second-order valence-electron chi connectivity index (χ2n) is 3.41. The van der Waals surface area contributed by atoms with Crippen molar-refractivity contribution in [3.8, 4) is 0 Å². The summed E-state index contributed by atoms with van der Waals surface area (Å²) in [6.45, 7) is 1.20. The molecular weight excluding hydrogens is 280 g/mol. The number of hydrogen-bond donors (Lipinski definition) is 1. The summed E-state index contributed by atoms with van der Waals surface area (Å²) in [5, 5.41) is 0. The van der Waals surface area contributed by atoms with Gasteiger partial charge in [-0.05, 0) is 15.9 Å². The van der Waals surface area contributed by atoms with Crippen LogP contribution in [-0.2, 0) is 9.73 Å². The summed E-state index contributed by atoms with van der Waals surface area (Å²) in [6.07, 6.45) is 3.38. The number of hydrogen-bond acceptors (Lipinski definition) is 5. The van der Waals surface area contributed by atoms with Crippen LogP contribution in [0.15, 0.2) is 16.9 Å². The lowest BCUT2D eigenvalue weighted by atomic mass is 10.5. The van der Waals surface area contributed by atoms with Gasteiger partial charge >= 0.3 is 0 Å². The Morgan fingerprint density at radius 1 is 1.33 bits per heavy atom. The predicted molar refractivity (Wildman–Crippen MR) is 62.5 cm³/mol. The van der Waals surface area contributed by atoms with E-state index in [2.05, 4.69) is 25.9 Å². The largest absolute Gasteiger partial charge is 0.339 e. The minimum absolute atomic E-state index is 0.409. The van der Waals surface area contributed by atoms with E-state index in [-0.39, 0.29) is 0 Å². The molecule has 7 heteroatoms. The van der Waals surface area contributed by atoms with Crippen LogP contribution in [0.4, 0.5) is 5.95 Å². The fourth-order valence-electron chi connectivity index (χ4n) is 1.40. The molecule has 0 radical (unpaired) electrons. The highest BCUT2D eigenvalue weighted by Crippen LogP contribution is 2.14. The number of nitrogens with zero attached hydrogens (tertiary/aromatic N) is 3. The SMILES string of the molecule is N=S1(=O)CCN(c2ncc(Br)cn2)CC1. The van der Waals surface area contributed by atoms with Gasteiger partial charge in [0.25, 0.3) is 0 Å². The summed E-state index contributed by atoms with van der Waals surface area (Å²) < 4.78 is 19.7. The van der Waals surface area contributed by atoms with Crippen molar-refractivity contribution in [1.82, 2.24) is 9.97 Å². The van der Waals surface area contributed by atoms with Crippen LogP contribution in [0, 0.1) is 4.78 Å². The van der Waals surface area contributed by atoms with Crippen LogP contribution in [0.3, 0.4) is 0 Å². The molecule has 2 rings (SSSR count). The van der Waals surface area contributed by atoms with Crippen molar-refractivity contribution in [1.29, 1.82) is 4.78 Å². The van der Waals surface area contributed by atoms with E-state index in [4.69, 9.17) is 4.78 Å². The first-order valence-electron chi connectivity index (χ1n) is 4.53. The highest BCUT2D eigenvalue weighted by atomic mass is 79.9. The van der Waals surface area contributed by atoms with Crippen molar-refractivity contribution >= 4 is 31.6 Å². The molecule has 0 saturated carbocycles. The molecule has 2 heterocycles. The molecule has 1 aromatic heterocycles. The van der Waals surface area contributed by atoms with Crippen LogP contribution >= 0.6 is 15.9 Å². The van der Waals surface area contributed by atoms with Gasteiger partial charge in [0.05, 0.1) is 4.47 Å². The summed E-state index contributed by atoms with van der Waals surface area (Å²) in [4.78, 5) is 10.3. The zero-order valence-electron chi connectivity index (χ0n) is 8.02. The van der Waals surface area contributed by atoms with E-state index in [1.165, 1.54) is 0 Å². The minimum Gasteiger partial charge on any atom is -0.339 e. The van der Waals surface area contributed by atoms with E-state index < -0.39 is 9.73 Å². The maximum atomic E-state index is 11.4. The topological polar surface area (TPSA) is 69.9 Å². The highest BCUT2D eigenvalue weighted by molar-refractivity contribution is 9.10. The Balaban J connectivity index is 2.11. The lowest BCUT2D eigenvalue weighted by Crippen LogP contribution is -2.40. The maximum absolute atomic E-state index is 11.4. The minimum atomic E-state index is -2.34. The molecule has 0 atom stereocenters. The van der Waals surface area contributed by atoms with E-state index in [0.717, 1.165) is 4.47 Å². The zero-order chi connectivity index (χ0) is 10.9. The van der Waals surface area contributed by atoms with Gasteiger partial charge in [-0.2, -0.15) is 0 Å². The Bertz CT molecular complexity index is 430. The summed E-state index contributed by atoms with van der Waals surface area (Å²) in [5.41, 5.74) is 0. The molecule has 1 fully saturated rings. The first-order valence-corrected chi connectivity index (χ1v) is 7.22. The molecule has 1 saturated heterocycles. The van der Waals surface area contributed by atoms with Crippen LogP contribution in [0.5, 0.6) is 0 Å². The Labute approximate surface area is 97.0 Å². The molecule has 1 N–H and O–H groups in total. The Kier molecular flexibility index (Phi) is 2.92. The fraction of sp³-hybridized carbons (Fsp3) is 0.500. The van der Waals surface area contributed by atoms with Gasteiger partial charge in [-0.25, -0.2) is 14.2 Å². The molecule has 82 valence electrons. The van der Waals surface area contributed by atoms with Gasteiger partial charge in [-0.15, -0.1) is 0 Å². The maximum Gasteiger partial charge on any atom is 0.225 e. The van der Waals surface area contributed by atoms with E-state index in [0.29, 0.717) is 30.5 Å². The van der Waals surface area contributed by atoms with Gasteiger partial charge < -0.3 is 4.90 Å². The van der Waals surface area contributed by atoms with Crippen molar-refractivity contribution in [2.45, 2.75) is 0 Å². The molecule has 1 aliphatic heterocycles. The fourth-order valence-corrected chi connectivity index (χ4v) is 2.84. The van der Waals surface area contributed by atoms with E-state index >= 15 is 0 Å². The van der Waals surface area contributed by atoms with Crippen LogP contribution in [0.2, 0.25) is 0 Å². The van der Waals surface area contributed by atoms with E-state index in [9.17, 15) is 4.21 Å². The van der Waals surface area contributed by atoms with Gasteiger partial charge in [-0.3, -0.25) is 4.78 Å². The standard InChI is InChI=1S/C8H11BrN4OS/c9-7-5-11-8(12-6-7)13-1-3-15(10,14)4-2-13/h5-6,10H,1-4H2. The van der Waals surface area contributed by atoms with Crippen molar-refractivity contribution in [3.05, 3.63) is 16.9 Å². The van der Waals surface area contributed by atoms with Crippen LogP contribution in [-0.4, -0.2) is 38.8 Å². The van der Waals surface area contributed by atoms with Crippen LogP contribution in [0.1, 0.15) is 0 Å².